The summed E-state index contributed by atoms with van der Waals surface area (Å²) in [5.74, 6) is -0.131. The van der Waals surface area contributed by atoms with E-state index in [1.54, 1.807) is 6.08 Å². The molecule has 1 saturated carbocycles. The Morgan fingerprint density at radius 3 is 2.73 bits per heavy atom. The van der Waals surface area contributed by atoms with Crippen LogP contribution in [0.2, 0.25) is 0 Å². The fraction of sp³-hybridized carbons (Fsp3) is 0.417. The number of aliphatic hydroxyl groups excluding tert-OH is 1. The van der Waals surface area contributed by atoms with E-state index >= 15 is 0 Å². The minimum absolute atomic E-state index is 0.131. The third kappa shape index (κ3) is 1.02. The number of hydrogen-bond acceptors (Lipinski definition) is 3. The average molecular weight is 220 g/mol. The molecule has 3 rings (SSSR count). The number of carbonyl (C=O) groups is 1. The molecule has 0 radical (unpaired) electrons. The molecule has 15 heavy (non-hydrogen) atoms. The molecule has 2 nitrogen and oxygen atoms in total. The highest BCUT2D eigenvalue weighted by molar-refractivity contribution is 7.84. The Morgan fingerprint density at radius 1 is 1.47 bits per heavy atom. The van der Waals surface area contributed by atoms with Crippen LogP contribution in [-0.4, -0.2) is 17.0 Å². The molecular weight excluding hydrogens is 208 g/mol. The molecule has 0 aromatic carbocycles. The fourth-order valence-electron chi connectivity index (χ4n) is 2.66. The molecular formula is C12H12O2S. The van der Waals surface area contributed by atoms with Gasteiger partial charge in [-0.2, -0.15) is 0 Å². The van der Waals surface area contributed by atoms with Gasteiger partial charge >= 0.3 is 0 Å². The summed E-state index contributed by atoms with van der Waals surface area (Å²) in [5.41, 5.74) is 2.55. The molecule has 1 N–H and O–H groups in total. The molecule has 1 atom stereocenters. The van der Waals surface area contributed by atoms with Crippen LogP contribution in [0.25, 0.3) is 0 Å². The first-order valence-corrected chi connectivity index (χ1v) is 5.57. The normalized spacial score (nSPS) is 31.7. The van der Waals surface area contributed by atoms with Crippen molar-refractivity contribution < 1.29 is 9.90 Å². The Hall–Kier alpha value is -0.800. The number of thiol groups is 1. The zero-order chi connectivity index (χ0) is 10.8. The van der Waals surface area contributed by atoms with Crippen molar-refractivity contribution >= 4 is 18.4 Å². The molecule has 0 amide bonds. The van der Waals surface area contributed by atoms with Gasteiger partial charge in [-0.3, -0.25) is 4.79 Å². The van der Waals surface area contributed by atoms with Gasteiger partial charge in [0, 0.05) is 15.9 Å². The summed E-state index contributed by atoms with van der Waals surface area (Å²) in [6.07, 6.45) is 4.71. The van der Waals surface area contributed by atoms with Gasteiger partial charge < -0.3 is 5.11 Å². The third-order valence-electron chi connectivity index (χ3n) is 3.85. The zero-order valence-corrected chi connectivity index (χ0v) is 9.34. The van der Waals surface area contributed by atoms with E-state index in [2.05, 4.69) is 12.6 Å². The molecule has 0 aromatic heterocycles. The molecule has 0 bridgehead atoms. The van der Waals surface area contributed by atoms with Crippen molar-refractivity contribution in [2.24, 2.45) is 5.41 Å². The predicted octanol–water partition coefficient (Wildman–Crippen LogP) is 1.78. The number of ketones is 1. The second-order valence-electron chi connectivity index (χ2n) is 4.59. The van der Waals surface area contributed by atoms with E-state index in [1.807, 2.05) is 13.0 Å². The van der Waals surface area contributed by atoms with E-state index in [9.17, 15) is 9.90 Å². The van der Waals surface area contributed by atoms with Gasteiger partial charge in [-0.25, -0.2) is 0 Å². The van der Waals surface area contributed by atoms with Crippen molar-refractivity contribution in [3.05, 3.63) is 33.8 Å². The molecule has 0 aliphatic heterocycles. The van der Waals surface area contributed by atoms with Gasteiger partial charge in [-0.15, -0.1) is 12.6 Å². The second-order valence-corrected chi connectivity index (χ2v) is 5.11. The Labute approximate surface area is 93.8 Å². The van der Waals surface area contributed by atoms with E-state index in [0.717, 1.165) is 28.9 Å². The Bertz CT molecular complexity index is 464. The van der Waals surface area contributed by atoms with Gasteiger partial charge in [-0.05, 0) is 37.5 Å². The number of aliphatic hydroxyl groups is 1. The highest BCUT2D eigenvalue weighted by Crippen LogP contribution is 2.59. The van der Waals surface area contributed by atoms with Gasteiger partial charge in [0.25, 0.3) is 0 Å². The molecule has 78 valence electrons. The van der Waals surface area contributed by atoms with Crippen LogP contribution in [0.1, 0.15) is 19.8 Å². The highest BCUT2D eigenvalue weighted by Gasteiger charge is 2.57. The summed E-state index contributed by atoms with van der Waals surface area (Å²) >= 11 is 4.25. The summed E-state index contributed by atoms with van der Waals surface area (Å²) in [4.78, 5) is 12.7. The molecule has 3 aliphatic rings. The minimum Gasteiger partial charge on any atom is -0.384 e. The molecule has 0 heterocycles. The smallest absolute Gasteiger partial charge is 0.192 e. The average Bonchev–Trinajstić information content (AvgIpc) is 2.92. The van der Waals surface area contributed by atoms with Crippen LogP contribution in [0.4, 0.5) is 0 Å². The molecule has 1 fully saturated rings. The number of carbonyl (C=O) groups excluding carboxylic acids is 1. The van der Waals surface area contributed by atoms with Gasteiger partial charge in [0.1, 0.15) is 6.10 Å². The lowest BCUT2D eigenvalue weighted by atomic mass is 9.76. The van der Waals surface area contributed by atoms with E-state index in [1.165, 1.54) is 0 Å². The quantitative estimate of drug-likeness (QED) is 0.611. The summed E-state index contributed by atoms with van der Waals surface area (Å²) in [6, 6.07) is 0. The van der Waals surface area contributed by atoms with Crippen molar-refractivity contribution in [2.45, 2.75) is 25.9 Å². The van der Waals surface area contributed by atoms with Crippen molar-refractivity contribution in [2.75, 3.05) is 0 Å². The molecule has 1 unspecified atom stereocenters. The summed E-state index contributed by atoms with van der Waals surface area (Å²) in [5, 5.41) is 10.00. The predicted molar refractivity (Wildman–Crippen MR) is 60.5 cm³/mol. The maximum Gasteiger partial charge on any atom is 0.192 e. The number of hydrogen-bond donors (Lipinski definition) is 2. The Balaban J connectivity index is 2.23. The summed E-state index contributed by atoms with van der Waals surface area (Å²) < 4.78 is 0. The fourth-order valence-corrected chi connectivity index (χ4v) is 2.92. The van der Waals surface area contributed by atoms with E-state index < -0.39 is 6.10 Å². The van der Waals surface area contributed by atoms with Crippen molar-refractivity contribution in [3.8, 4) is 0 Å². The van der Waals surface area contributed by atoms with Gasteiger partial charge in [0.2, 0.25) is 0 Å². The van der Waals surface area contributed by atoms with Gasteiger partial charge in [-0.1, -0.05) is 5.57 Å². The van der Waals surface area contributed by atoms with E-state index in [-0.39, 0.29) is 11.2 Å². The van der Waals surface area contributed by atoms with Crippen LogP contribution in [0.3, 0.4) is 0 Å². The van der Waals surface area contributed by atoms with Gasteiger partial charge in [0.15, 0.2) is 5.78 Å². The lowest BCUT2D eigenvalue weighted by molar-refractivity contribution is -0.126. The van der Waals surface area contributed by atoms with E-state index in [0.29, 0.717) is 5.57 Å². The number of fused-ring (bicyclic) bond motifs is 1. The Morgan fingerprint density at radius 2 is 2.13 bits per heavy atom. The summed E-state index contributed by atoms with van der Waals surface area (Å²) in [6.45, 7) is 2.02. The van der Waals surface area contributed by atoms with Gasteiger partial charge in [0.05, 0.1) is 0 Å². The lowest BCUT2D eigenvalue weighted by Gasteiger charge is -2.29. The minimum atomic E-state index is -0.833. The molecule has 1 spiro atoms. The lowest BCUT2D eigenvalue weighted by Crippen LogP contribution is -2.37. The monoisotopic (exact) mass is 220 g/mol. The first-order valence-electron chi connectivity index (χ1n) is 5.13. The second kappa shape index (κ2) is 2.66. The van der Waals surface area contributed by atoms with Crippen LogP contribution in [-0.2, 0) is 4.79 Å². The third-order valence-corrected chi connectivity index (χ3v) is 4.11. The molecule has 3 aliphatic carbocycles. The van der Waals surface area contributed by atoms with Crippen molar-refractivity contribution in [3.63, 3.8) is 0 Å². The van der Waals surface area contributed by atoms with E-state index in [4.69, 9.17) is 0 Å². The van der Waals surface area contributed by atoms with Crippen molar-refractivity contribution in [1.29, 1.82) is 0 Å². The van der Waals surface area contributed by atoms with Crippen LogP contribution in [0.5, 0.6) is 0 Å². The molecule has 0 aromatic rings. The SMILES string of the molecule is CC1=C2C=C(S)C=C2C(=O)C(O)C12CC2. The van der Waals surface area contributed by atoms with Crippen LogP contribution >= 0.6 is 12.6 Å². The van der Waals surface area contributed by atoms with Crippen LogP contribution < -0.4 is 0 Å². The highest BCUT2D eigenvalue weighted by atomic mass is 32.1. The number of rotatable bonds is 0. The number of allylic oxidation sites excluding steroid dienone is 3. The molecule has 3 heteroatoms. The molecule has 0 saturated heterocycles. The maximum absolute atomic E-state index is 11.9. The largest absolute Gasteiger partial charge is 0.384 e. The first kappa shape index (κ1) is 9.43. The number of Topliss-reactive ketones (excluding diaryl/α,β-unsaturated/α-hetero) is 1. The maximum atomic E-state index is 11.9. The first-order chi connectivity index (χ1) is 7.06. The standard InChI is InChI=1S/C12H12O2S/c1-6-8-4-7(15)5-9(8)10(13)11(14)12(6)2-3-12/h4-5,11,14-15H,2-3H2,1H3. The Kier molecular flexibility index (Phi) is 1.67. The zero-order valence-electron chi connectivity index (χ0n) is 8.45. The topological polar surface area (TPSA) is 37.3 Å². The van der Waals surface area contributed by atoms with Crippen LogP contribution in [0, 0.1) is 5.41 Å². The van der Waals surface area contributed by atoms with Crippen LogP contribution in [0.15, 0.2) is 33.8 Å². The van der Waals surface area contributed by atoms with Crippen molar-refractivity contribution in [1.82, 2.24) is 0 Å². The summed E-state index contributed by atoms with van der Waals surface area (Å²) in [7, 11) is 0.